The zero-order valence-corrected chi connectivity index (χ0v) is 22.1. The van der Waals surface area contributed by atoms with Crippen LogP contribution in [0.4, 0.5) is 10.5 Å². The predicted octanol–water partition coefficient (Wildman–Crippen LogP) is 5.62. The van der Waals surface area contributed by atoms with Crippen molar-refractivity contribution >= 4 is 38.8 Å². The molecule has 0 bridgehead atoms. The Kier molecular flexibility index (Phi) is 7.35. The molecule has 2 amide bonds. The van der Waals surface area contributed by atoms with Crippen LogP contribution in [0.15, 0.2) is 84.4 Å². The highest BCUT2D eigenvalue weighted by Crippen LogP contribution is 2.25. The van der Waals surface area contributed by atoms with Crippen LogP contribution in [0.2, 0.25) is 0 Å². The molecule has 194 valence electrons. The highest BCUT2D eigenvalue weighted by atomic mass is 32.1. The van der Waals surface area contributed by atoms with Crippen molar-refractivity contribution in [2.24, 2.45) is 0 Å². The van der Waals surface area contributed by atoms with E-state index < -0.39 is 0 Å². The Morgan fingerprint density at radius 1 is 0.974 bits per heavy atom. The summed E-state index contributed by atoms with van der Waals surface area (Å²) in [5, 5.41) is 7.50. The molecule has 1 fully saturated rings. The third-order valence-corrected chi connectivity index (χ3v) is 7.99. The molecule has 0 spiro atoms. The van der Waals surface area contributed by atoms with Crippen molar-refractivity contribution < 1.29 is 9.53 Å². The Labute approximate surface area is 226 Å². The van der Waals surface area contributed by atoms with E-state index in [4.69, 9.17) is 9.72 Å². The minimum absolute atomic E-state index is 0.0725. The van der Waals surface area contributed by atoms with Crippen molar-refractivity contribution in [2.45, 2.75) is 6.42 Å². The third-order valence-electron chi connectivity index (χ3n) is 7.10. The fraction of sp³-hybridized carbons (Fsp3) is 0.267. The number of hydrogen-bond acceptors (Lipinski definition) is 5. The molecule has 7 nitrogen and oxygen atoms in total. The molecule has 0 unspecified atom stereocenters. The van der Waals surface area contributed by atoms with Crippen molar-refractivity contribution in [1.29, 1.82) is 0 Å². The van der Waals surface area contributed by atoms with Crippen LogP contribution in [0.1, 0.15) is 5.69 Å². The summed E-state index contributed by atoms with van der Waals surface area (Å²) in [7, 11) is 0. The Morgan fingerprint density at radius 3 is 2.63 bits per heavy atom. The maximum absolute atomic E-state index is 13.6. The van der Waals surface area contributed by atoms with Gasteiger partial charge in [-0.05, 0) is 11.5 Å². The molecule has 1 N–H and O–H groups in total. The zero-order chi connectivity index (χ0) is 25.7. The topological polar surface area (TPSA) is 62.1 Å². The van der Waals surface area contributed by atoms with E-state index in [2.05, 4.69) is 56.5 Å². The minimum atomic E-state index is -0.0725. The monoisotopic (exact) mass is 525 g/mol. The van der Waals surface area contributed by atoms with Gasteiger partial charge in [-0.15, -0.1) is 11.3 Å². The average Bonchev–Trinajstić information content (AvgIpc) is 3.56. The summed E-state index contributed by atoms with van der Waals surface area (Å²) < 4.78 is 7.67. The number of benzene rings is 3. The first-order chi connectivity index (χ1) is 18.7. The van der Waals surface area contributed by atoms with E-state index in [1.165, 1.54) is 0 Å². The molecule has 2 aromatic heterocycles. The van der Waals surface area contributed by atoms with Crippen molar-refractivity contribution in [1.82, 2.24) is 19.2 Å². The van der Waals surface area contributed by atoms with Gasteiger partial charge in [-0.3, -0.25) is 9.30 Å². The zero-order valence-electron chi connectivity index (χ0n) is 21.3. The molecule has 1 aliphatic heterocycles. The van der Waals surface area contributed by atoms with Gasteiger partial charge in [0.05, 0.1) is 24.6 Å². The van der Waals surface area contributed by atoms with Gasteiger partial charge in [0.25, 0.3) is 0 Å². The van der Waals surface area contributed by atoms with Crippen LogP contribution in [0, 0.1) is 0 Å². The molecule has 3 heterocycles. The van der Waals surface area contributed by atoms with Crippen molar-refractivity contribution in [3.05, 3.63) is 90.1 Å². The van der Waals surface area contributed by atoms with Crippen LogP contribution in [0.25, 0.3) is 27.0 Å². The van der Waals surface area contributed by atoms with Gasteiger partial charge >= 0.3 is 6.03 Å². The summed E-state index contributed by atoms with van der Waals surface area (Å²) >= 11 is 1.64. The number of urea groups is 1. The van der Waals surface area contributed by atoms with Gasteiger partial charge in [-0.2, -0.15) is 0 Å². The number of amides is 2. The van der Waals surface area contributed by atoms with Crippen molar-refractivity contribution in [2.75, 3.05) is 51.3 Å². The van der Waals surface area contributed by atoms with Gasteiger partial charge in [0, 0.05) is 67.4 Å². The molecule has 8 heteroatoms. The second kappa shape index (κ2) is 11.3. The number of aromatic nitrogens is 2. The minimum Gasteiger partial charge on any atom is -0.379 e. The lowest BCUT2D eigenvalue weighted by atomic mass is 10.1. The van der Waals surface area contributed by atoms with E-state index >= 15 is 0 Å². The van der Waals surface area contributed by atoms with Crippen LogP contribution in [-0.2, 0) is 11.2 Å². The summed E-state index contributed by atoms with van der Waals surface area (Å²) in [6.07, 6.45) is 2.85. The number of ether oxygens (including phenoxy) is 1. The van der Waals surface area contributed by atoms with E-state index in [9.17, 15) is 4.79 Å². The SMILES string of the molecule is O=C(Nc1cccc2ccccc12)N(CCc1csc2nc(-c3ccccc3)cn12)CCN1CCOCC1. The quantitative estimate of drug-likeness (QED) is 0.285. The number of hydrogen-bond donors (Lipinski definition) is 1. The Bertz CT molecular complexity index is 1520. The molecular weight excluding hydrogens is 494 g/mol. The average molecular weight is 526 g/mol. The van der Waals surface area contributed by atoms with Crippen LogP contribution in [0.3, 0.4) is 0 Å². The summed E-state index contributed by atoms with van der Waals surface area (Å²) in [6, 6.07) is 24.3. The van der Waals surface area contributed by atoms with Crippen molar-refractivity contribution in [3.8, 4) is 11.3 Å². The number of rotatable bonds is 8. The van der Waals surface area contributed by atoms with Gasteiger partial charge < -0.3 is 15.0 Å². The lowest BCUT2D eigenvalue weighted by Gasteiger charge is -2.30. The van der Waals surface area contributed by atoms with Gasteiger partial charge in [-0.25, -0.2) is 9.78 Å². The lowest BCUT2D eigenvalue weighted by molar-refractivity contribution is 0.0352. The second-order valence-electron chi connectivity index (χ2n) is 9.52. The standard InChI is InChI=1S/C30H31N5O2S/c36-29(31-27-12-6-10-23-7-4-5-11-26(23)27)34(16-15-33-17-19-37-20-18-33)14-13-25-22-38-30-32-28(21-35(25)30)24-8-2-1-3-9-24/h1-12,21-22H,13-20H2,(H,31,36). The summed E-state index contributed by atoms with van der Waals surface area (Å²) in [5.74, 6) is 0. The summed E-state index contributed by atoms with van der Waals surface area (Å²) in [5.41, 5.74) is 4.08. The van der Waals surface area contributed by atoms with E-state index in [1.54, 1.807) is 11.3 Å². The molecule has 0 atom stereocenters. The lowest BCUT2D eigenvalue weighted by Crippen LogP contribution is -2.45. The summed E-state index contributed by atoms with van der Waals surface area (Å²) in [6.45, 7) is 5.41. The first-order valence-electron chi connectivity index (χ1n) is 13.1. The Hall–Kier alpha value is -3.72. The molecule has 0 radical (unpaired) electrons. The highest BCUT2D eigenvalue weighted by Gasteiger charge is 2.19. The van der Waals surface area contributed by atoms with Gasteiger partial charge in [0.1, 0.15) is 0 Å². The first kappa shape index (κ1) is 24.6. The van der Waals surface area contributed by atoms with E-state index in [-0.39, 0.29) is 6.03 Å². The van der Waals surface area contributed by atoms with E-state index in [1.807, 2.05) is 47.4 Å². The van der Waals surface area contributed by atoms with Gasteiger partial charge in [0.15, 0.2) is 4.96 Å². The number of imidazole rings is 1. The Morgan fingerprint density at radius 2 is 1.76 bits per heavy atom. The normalized spacial score (nSPS) is 14.2. The number of morpholine rings is 1. The maximum atomic E-state index is 13.6. The fourth-order valence-corrected chi connectivity index (χ4v) is 5.84. The van der Waals surface area contributed by atoms with Gasteiger partial charge in [-0.1, -0.05) is 66.7 Å². The number of nitrogens with zero attached hydrogens (tertiary/aromatic N) is 4. The number of thiazole rings is 1. The number of anilines is 1. The second-order valence-corrected chi connectivity index (χ2v) is 10.4. The first-order valence-corrected chi connectivity index (χ1v) is 14.0. The van der Waals surface area contributed by atoms with Crippen LogP contribution >= 0.6 is 11.3 Å². The maximum Gasteiger partial charge on any atom is 0.321 e. The molecule has 5 aromatic rings. The highest BCUT2D eigenvalue weighted by molar-refractivity contribution is 7.15. The number of carbonyl (C=O) groups excluding carboxylic acids is 1. The number of carbonyl (C=O) groups is 1. The Balaban J connectivity index is 1.20. The summed E-state index contributed by atoms with van der Waals surface area (Å²) in [4.78, 5) is 23.7. The van der Waals surface area contributed by atoms with Crippen molar-refractivity contribution in [3.63, 3.8) is 0 Å². The molecular formula is C30H31N5O2S. The van der Waals surface area contributed by atoms with Crippen LogP contribution in [0.5, 0.6) is 0 Å². The number of fused-ring (bicyclic) bond motifs is 2. The van der Waals surface area contributed by atoms with E-state index in [0.29, 0.717) is 13.1 Å². The number of nitrogens with one attached hydrogen (secondary N) is 1. The molecule has 0 aliphatic carbocycles. The molecule has 0 saturated carbocycles. The van der Waals surface area contributed by atoms with Crippen LogP contribution < -0.4 is 5.32 Å². The molecule has 6 rings (SSSR count). The molecule has 3 aromatic carbocycles. The van der Waals surface area contributed by atoms with E-state index in [0.717, 1.165) is 77.6 Å². The predicted molar refractivity (Wildman–Crippen MR) is 154 cm³/mol. The molecule has 38 heavy (non-hydrogen) atoms. The molecule has 1 aliphatic rings. The van der Waals surface area contributed by atoms with Gasteiger partial charge in [0.2, 0.25) is 0 Å². The fourth-order valence-electron chi connectivity index (χ4n) is 4.94. The third kappa shape index (κ3) is 5.43. The largest absolute Gasteiger partial charge is 0.379 e. The molecule has 1 saturated heterocycles. The van der Waals surface area contributed by atoms with Crippen LogP contribution in [-0.4, -0.2) is 71.2 Å². The smallest absolute Gasteiger partial charge is 0.321 e.